The van der Waals surface area contributed by atoms with E-state index < -0.39 is 0 Å². The highest BCUT2D eigenvalue weighted by atomic mass is 19.1. The first-order chi connectivity index (χ1) is 8.90. The first-order valence-electron chi connectivity index (χ1n) is 6.99. The Morgan fingerprint density at radius 3 is 2.58 bits per heavy atom. The van der Waals surface area contributed by atoms with E-state index in [4.69, 9.17) is 5.11 Å². The van der Waals surface area contributed by atoms with Crippen LogP contribution in [0.2, 0.25) is 0 Å². The van der Waals surface area contributed by atoms with Gasteiger partial charge in [-0.25, -0.2) is 4.39 Å². The van der Waals surface area contributed by atoms with Gasteiger partial charge in [-0.1, -0.05) is 32.9 Å². The molecule has 0 aliphatic carbocycles. The van der Waals surface area contributed by atoms with Crippen LogP contribution in [0.1, 0.15) is 38.3 Å². The SMILES string of the molecule is CCC(CO)CNCC(C)(C)c1ccc(F)c(C)c1. The van der Waals surface area contributed by atoms with Crippen LogP contribution in [-0.4, -0.2) is 24.8 Å². The summed E-state index contributed by atoms with van der Waals surface area (Å²) in [5.41, 5.74) is 1.77. The van der Waals surface area contributed by atoms with Crippen molar-refractivity contribution >= 4 is 0 Å². The fourth-order valence-electron chi connectivity index (χ4n) is 2.09. The number of nitrogens with one attached hydrogen (secondary N) is 1. The Bertz CT molecular complexity index is 400. The van der Waals surface area contributed by atoms with Gasteiger partial charge in [0.25, 0.3) is 0 Å². The van der Waals surface area contributed by atoms with Crippen molar-refractivity contribution < 1.29 is 9.50 Å². The normalized spacial score (nSPS) is 13.6. The van der Waals surface area contributed by atoms with Crippen molar-refractivity contribution in [3.05, 3.63) is 35.1 Å². The fraction of sp³-hybridized carbons (Fsp3) is 0.625. The summed E-state index contributed by atoms with van der Waals surface area (Å²) in [6.07, 6.45) is 0.972. The first-order valence-corrected chi connectivity index (χ1v) is 6.99. The minimum absolute atomic E-state index is 0.0494. The maximum atomic E-state index is 13.3. The predicted octanol–water partition coefficient (Wildman–Crippen LogP) is 3.02. The summed E-state index contributed by atoms with van der Waals surface area (Å²) in [4.78, 5) is 0. The number of halogens is 1. The van der Waals surface area contributed by atoms with Crippen molar-refractivity contribution in [1.82, 2.24) is 5.32 Å². The van der Waals surface area contributed by atoms with Crippen molar-refractivity contribution in [3.8, 4) is 0 Å². The molecule has 0 aliphatic rings. The molecule has 0 saturated carbocycles. The smallest absolute Gasteiger partial charge is 0.126 e. The van der Waals surface area contributed by atoms with E-state index in [-0.39, 0.29) is 17.8 Å². The van der Waals surface area contributed by atoms with E-state index >= 15 is 0 Å². The molecule has 1 unspecified atom stereocenters. The van der Waals surface area contributed by atoms with Gasteiger partial charge in [0.1, 0.15) is 5.82 Å². The van der Waals surface area contributed by atoms with E-state index in [2.05, 4.69) is 26.1 Å². The van der Waals surface area contributed by atoms with Gasteiger partial charge in [-0.3, -0.25) is 0 Å². The van der Waals surface area contributed by atoms with Crippen LogP contribution in [-0.2, 0) is 5.41 Å². The zero-order valence-electron chi connectivity index (χ0n) is 12.5. The molecular formula is C16H26FNO. The van der Waals surface area contributed by atoms with Crippen LogP contribution in [0.3, 0.4) is 0 Å². The minimum Gasteiger partial charge on any atom is -0.396 e. The number of hydrogen-bond acceptors (Lipinski definition) is 2. The third-order valence-corrected chi connectivity index (χ3v) is 3.77. The Kier molecular flexibility index (Phi) is 5.95. The second-order valence-electron chi connectivity index (χ2n) is 5.94. The van der Waals surface area contributed by atoms with Crippen molar-refractivity contribution in [2.24, 2.45) is 5.92 Å². The van der Waals surface area contributed by atoms with Gasteiger partial charge >= 0.3 is 0 Å². The summed E-state index contributed by atoms with van der Waals surface area (Å²) in [7, 11) is 0. The molecule has 1 atom stereocenters. The Labute approximate surface area is 116 Å². The van der Waals surface area contributed by atoms with Gasteiger partial charge < -0.3 is 10.4 Å². The first kappa shape index (κ1) is 16.1. The van der Waals surface area contributed by atoms with Crippen LogP contribution in [0.4, 0.5) is 4.39 Å². The quantitative estimate of drug-likeness (QED) is 0.796. The van der Waals surface area contributed by atoms with Gasteiger partial charge in [0.2, 0.25) is 0 Å². The Balaban J connectivity index is 2.62. The van der Waals surface area contributed by atoms with E-state index in [1.807, 2.05) is 12.1 Å². The number of aliphatic hydroxyl groups is 1. The van der Waals surface area contributed by atoms with Gasteiger partial charge in [0.05, 0.1) is 0 Å². The molecule has 2 nitrogen and oxygen atoms in total. The van der Waals surface area contributed by atoms with Crippen LogP contribution < -0.4 is 5.32 Å². The maximum absolute atomic E-state index is 13.3. The third-order valence-electron chi connectivity index (χ3n) is 3.77. The fourth-order valence-corrected chi connectivity index (χ4v) is 2.09. The van der Waals surface area contributed by atoms with Gasteiger partial charge in [-0.2, -0.15) is 0 Å². The van der Waals surface area contributed by atoms with E-state index in [0.29, 0.717) is 11.5 Å². The number of rotatable bonds is 7. The molecule has 0 bridgehead atoms. The summed E-state index contributed by atoms with van der Waals surface area (Å²) in [6, 6.07) is 5.31. The topological polar surface area (TPSA) is 32.3 Å². The largest absolute Gasteiger partial charge is 0.396 e. The molecule has 3 heteroatoms. The Morgan fingerprint density at radius 1 is 1.37 bits per heavy atom. The number of aryl methyl sites for hydroxylation is 1. The Morgan fingerprint density at radius 2 is 2.05 bits per heavy atom. The van der Waals surface area contributed by atoms with Crippen molar-refractivity contribution in [3.63, 3.8) is 0 Å². The van der Waals surface area contributed by atoms with Crippen molar-refractivity contribution in [2.75, 3.05) is 19.7 Å². The molecule has 0 saturated heterocycles. The molecule has 2 N–H and O–H groups in total. The average molecular weight is 267 g/mol. The summed E-state index contributed by atoms with van der Waals surface area (Å²) in [6.45, 7) is 10.0. The lowest BCUT2D eigenvalue weighted by Crippen LogP contribution is -2.36. The molecule has 19 heavy (non-hydrogen) atoms. The maximum Gasteiger partial charge on any atom is 0.126 e. The highest BCUT2D eigenvalue weighted by molar-refractivity contribution is 5.29. The predicted molar refractivity (Wildman–Crippen MR) is 77.9 cm³/mol. The molecular weight excluding hydrogens is 241 g/mol. The summed E-state index contributed by atoms with van der Waals surface area (Å²) in [5, 5.41) is 12.6. The third kappa shape index (κ3) is 4.59. The zero-order valence-corrected chi connectivity index (χ0v) is 12.5. The van der Waals surface area contributed by atoms with Crippen LogP contribution in [0.5, 0.6) is 0 Å². The molecule has 0 heterocycles. The van der Waals surface area contributed by atoms with E-state index in [0.717, 1.165) is 25.1 Å². The van der Waals surface area contributed by atoms with Gasteiger partial charge in [-0.05, 0) is 36.5 Å². The molecule has 0 amide bonds. The van der Waals surface area contributed by atoms with Crippen LogP contribution in [0.15, 0.2) is 18.2 Å². The molecule has 0 aromatic heterocycles. The van der Waals surface area contributed by atoms with Crippen LogP contribution >= 0.6 is 0 Å². The minimum atomic E-state index is -0.154. The molecule has 0 aliphatic heterocycles. The van der Waals surface area contributed by atoms with Crippen molar-refractivity contribution in [1.29, 1.82) is 0 Å². The zero-order chi connectivity index (χ0) is 14.5. The second-order valence-corrected chi connectivity index (χ2v) is 5.94. The summed E-state index contributed by atoms with van der Waals surface area (Å²) >= 11 is 0. The Hall–Kier alpha value is -0.930. The van der Waals surface area contributed by atoms with E-state index in [1.165, 1.54) is 6.07 Å². The lowest BCUT2D eigenvalue weighted by atomic mass is 9.83. The van der Waals surface area contributed by atoms with Crippen LogP contribution in [0, 0.1) is 18.7 Å². The molecule has 0 radical (unpaired) electrons. The number of hydrogen-bond donors (Lipinski definition) is 2. The van der Waals surface area contributed by atoms with Gasteiger partial charge in [-0.15, -0.1) is 0 Å². The number of benzene rings is 1. The summed E-state index contributed by atoms with van der Waals surface area (Å²) < 4.78 is 13.3. The molecule has 1 aromatic carbocycles. The summed E-state index contributed by atoms with van der Waals surface area (Å²) in [5.74, 6) is 0.157. The lowest BCUT2D eigenvalue weighted by molar-refractivity contribution is 0.216. The van der Waals surface area contributed by atoms with Crippen molar-refractivity contribution in [2.45, 2.75) is 39.5 Å². The van der Waals surface area contributed by atoms with E-state index in [1.54, 1.807) is 6.92 Å². The van der Waals surface area contributed by atoms with Gasteiger partial charge in [0.15, 0.2) is 0 Å². The molecule has 108 valence electrons. The van der Waals surface area contributed by atoms with Crippen LogP contribution in [0.25, 0.3) is 0 Å². The van der Waals surface area contributed by atoms with E-state index in [9.17, 15) is 4.39 Å². The highest BCUT2D eigenvalue weighted by Crippen LogP contribution is 2.24. The molecule has 1 rings (SSSR count). The van der Waals surface area contributed by atoms with Gasteiger partial charge in [0, 0.05) is 25.1 Å². The number of aliphatic hydroxyl groups excluding tert-OH is 1. The molecule has 1 aromatic rings. The monoisotopic (exact) mass is 267 g/mol. The second kappa shape index (κ2) is 7.01. The standard InChI is InChI=1S/C16H26FNO/c1-5-13(10-19)9-18-11-16(3,4)14-6-7-15(17)12(2)8-14/h6-8,13,18-19H,5,9-11H2,1-4H3. The lowest BCUT2D eigenvalue weighted by Gasteiger charge is -2.27. The molecule has 0 fully saturated rings. The molecule has 0 spiro atoms. The highest BCUT2D eigenvalue weighted by Gasteiger charge is 2.21. The average Bonchev–Trinajstić information content (AvgIpc) is 2.37.